The molecule has 6 nitrogen and oxygen atoms in total. The molecule has 0 radical (unpaired) electrons. The van der Waals surface area contributed by atoms with Crippen molar-refractivity contribution < 1.29 is 13.5 Å². The summed E-state index contributed by atoms with van der Waals surface area (Å²) in [6, 6.07) is 8.43. The molecule has 3 aromatic rings. The van der Waals surface area contributed by atoms with Gasteiger partial charge in [0.05, 0.1) is 11.8 Å². The molecule has 0 aliphatic heterocycles. The molecule has 2 aromatic heterocycles. The second-order valence-corrected chi connectivity index (χ2v) is 6.28. The highest BCUT2D eigenvalue weighted by molar-refractivity contribution is 5.84. The van der Waals surface area contributed by atoms with Crippen LogP contribution in [0.4, 0.5) is 10.4 Å². The van der Waals surface area contributed by atoms with E-state index < -0.39 is 0 Å². The molecule has 2 heterocycles. The number of aromatic nitrogens is 3. The Morgan fingerprint density at radius 2 is 2.04 bits per heavy atom. The summed E-state index contributed by atoms with van der Waals surface area (Å²) in [6.45, 7) is 3.86. The Balaban J connectivity index is 1.76. The summed E-state index contributed by atoms with van der Waals surface area (Å²) in [6.07, 6.45) is 2.64. The Hall–Kier alpha value is -3.22. The number of ether oxygens (including phenoxy) is 1. The van der Waals surface area contributed by atoms with E-state index in [0.29, 0.717) is 29.1 Å². The lowest BCUT2D eigenvalue weighted by molar-refractivity contribution is 0.242. The highest BCUT2D eigenvalue weighted by Gasteiger charge is 2.22. The van der Waals surface area contributed by atoms with Crippen LogP contribution in [-0.4, -0.2) is 21.3 Å². The second-order valence-electron chi connectivity index (χ2n) is 6.28. The molecule has 7 heteroatoms. The minimum absolute atomic E-state index is 0.00543. The maximum Gasteiger partial charge on any atom is 0.313 e. The maximum atomic E-state index is 14.5. The molecule has 0 amide bonds. The normalized spacial score (nSPS) is 13.0. The van der Waals surface area contributed by atoms with Crippen LogP contribution >= 0.6 is 0 Å². The number of halogens is 1. The van der Waals surface area contributed by atoms with Gasteiger partial charge in [0, 0.05) is 11.1 Å². The van der Waals surface area contributed by atoms with E-state index in [1.54, 1.807) is 18.2 Å². The first-order valence-electron chi connectivity index (χ1n) is 8.27. The minimum atomic E-state index is -0.325. The molecular weight excluding hydrogens is 335 g/mol. The molecule has 1 aliphatic carbocycles. The summed E-state index contributed by atoms with van der Waals surface area (Å²) in [5.41, 5.74) is 8.85. The van der Waals surface area contributed by atoms with Crippen LogP contribution in [0.5, 0.6) is 5.75 Å². The average Bonchev–Trinajstić information content (AvgIpc) is 3.22. The number of nitrogens with zero attached hydrogens (tertiary/aromatic N) is 3. The van der Waals surface area contributed by atoms with Crippen molar-refractivity contribution in [1.29, 1.82) is 0 Å². The molecule has 0 fully saturated rings. The van der Waals surface area contributed by atoms with Gasteiger partial charge in [0.15, 0.2) is 0 Å². The standard InChI is InChI=1S/C19H17FN4O2/c1-10(2)25-12-5-7-15(20)14(9-12)13-6-3-11-4-8-16(22-17(11)13)18-23-24-19(21)26-18/h4-10H,3H2,1-2H3,(H2,21,24). The van der Waals surface area contributed by atoms with Crippen molar-refractivity contribution in [3.05, 3.63) is 59.0 Å². The van der Waals surface area contributed by atoms with Crippen LogP contribution in [0.25, 0.3) is 17.2 Å². The van der Waals surface area contributed by atoms with Crippen molar-refractivity contribution in [2.75, 3.05) is 5.73 Å². The molecule has 4 rings (SSSR count). The van der Waals surface area contributed by atoms with Crippen molar-refractivity contribution in [2.45, 2.75) is 26.4 Å². The number of hydrogen-bond donors (Lipinski definition) is 1. The summed E-state index contributed by atoms with van der Waals surface area (Å²) in [7, 11) is 0. The van der Waals surface area contributed by atoms with E-state index in [1.165, 1.54) is 6.07 Å². The Morgan fingerprint density at radius 3 is 2.77 bits per heavy atom. The fraction of sp³-hybridized carbons (Fsp3) is 0.211. The molecule has 2 N–H and O–H groups in total. The molecule has 1 aliphatic rings. The summed E-state index contributed by atoms with van der Waals surface area (Å²) in [4.78, 5) is 4.60. The topological polar surface area (TPSA) is 87.1 Å². The Morgan fingerprint density at radius 1 is 1.19 bits per heavy atom. The van der Waals surface area contributed by atoms with Crippen LogP contribution in [-0.2, 0) is 6.42 Å². The van der Waals surface area contributed by atoms with Crippen LogP contribution in [0.1, 0.15) is 30.7 Å². The first kappa shape index (κ1) is 16.3. The van der Waals surface area contributed by atoms with Gasteiger partial charge in [-0.2, -0.15) is 0 Å². The summed E-state index contributed by atoms with van der Waals surface area (Å²) in [5.74, 6) is 0.523. The van der Waals surface area contributed by atoms with Gasteiger partial charge in [-0.25, -0.2) is 9.37 Å². The Labute approximate surface area is 149 Å². The van der Waals surface area contributed by atoms with E-state index >= 15 is 0 Å². The quantitative estimate of drug-likeness (QED) is 0.771. The number of allylic oxidation sites excluding steroid dienone is 1. The summed E-state index contributed by atoms with van der Waals surface area (Å²) < 4.78 is 25.4. The third kappa shape index (κ3) is 2.92. The summed E-state index contributed by atoms with van der Waals surface area (Å²) >= 11 is 0. The van der Waals surface area contributed by atoms with Gasteiger partial charge in [-0.3, -0.25) is 0 Å². The zero-order valence-electron chi connectivity index (χ0n) is 14.4. The number of benzene rings is 1. The maximum absolute atomic E-state index is 14.5. The van der Waals surface area contributed by atoms with Crippen molar-refractivity contribution >= 4 is 11.6 Å². The lowest BCUT2D eigenvalue weighted by Gasteiger charge is -2.13. The Bertz CT molecular complexity index is 1010. The van der Waals surface area contributed by atoms with Gasteiger partial charge in [-0.15, -0.1) is 5.10 Å². The third-order valence-corrected chi connectivity index (χ3v) is 4.02. The van der Waals surface area contributed by atoms with Gasteiger partial charge in [0.25, 0.3) is 5.89 Å². The van der Waals surface area contributed by atoms with E-state index in [2.05, 4.69) is 15.2 Å². The molecule has 0 atom stereocenters. The smallest absolute Gasteiger partial charge is 0.313 e. The van der Waals surface area contributed by atoms with Gasteiger partial charge in [0.1, 0.15) is 17.3 Å². The average molecular weight is 352 g/mol. The number of nitrogens with two attached hydrogens (primary N) is 1. The number of rotatable bonds is 4. The van der Waals surface area contributed by atoms with E-state index in [4.69, 9.17) is 14.9 Å². The van der Waals surface area contributed by atoms with Crippen LogP contribution in [0.3, 0.4) is 0 Å². The van der Waals surface area contributed by atoms with Crippen LogP contribution in [0, 0.1) is 5.82 Å². The number of anilines is 1. The largest absolute Gasteiger partial charge is 0.491 e. The molecule has 0 bridgehead atoms. The fourth-order valence-electron chi connectivity index (χ4n) is 2.95. The first-order chi connectivity index (χ1) is 12.5. The third-order valence-electron chi connectivity index (χ3n) is 4.02. The number of nitrogen functional groups attached to an aromatic ring is 1. The molecule has 26 heavy (non-hydrogen) atoms. The van der Waals surface area contributed by atoms with E-state index in [0.717, 1.165) is 11.1 Å². The fourth-order valence-corrected chi connectivity index (χ4v) is 2.95. The molecule has 132 valence electrons. The van der Waals surface area contributed by atoms with E-state index in [-0.39, 0.29) is 23.8 Å². The van der Waals surface area contributed by atoms with Crippen LogP contribution in [0.2, 0.25) is 0 Å². The molecule has 0 saturated carbocycles. The highest BCUT2D eigenvalue weighted by Crippen LogP contribution is 2.35. The minimum Gasteiger partial charge on any atom is -0.491 e. The van der Waals surface area contributed by atoms with Gasteiger partial charge in [0.2, 0.25) is 0 Å². The highest BCUT2D eigenvalue weighted by atomic mass is 19.1. The zero-order chi connectivity index (χ0) is 18.3. The first-order valence-corrected chi connectivity index (χ1v) is 8.27. The second kappa shape index (κ2) is 6.25. The van der Waals surface area contributed by atoms with Gasteiger partial charge >= 0.3 is 6.01 Å². The van der Waals surface area contributed by atoms with Gasteiger partial charge < -0.3 is 14.9 Å². The van der Waals surface area contributed by atoms with Crippen LogP contribution < -0.4 is 10.5 Å². The molecule has 1 aromatic carbocycles. The molecule has 0 spiro atoms. The Kier molecular flexibility index (Phi) is 3.91. The lowest BCUT2D eigenvalue weighted by Crippen LogP contribution is -2.06. The van der Waals surface area contributed by atoms with Crippen molar-refractivity contribution in [3.8, 4) is 17.3 Å². The predicted octanol–water partition coefficient (Wildman–Crippen LogP) is 3.63. The monoisotopic (exact) mass is 352 g/mol. The molecule has 0 unspecified atom stereocenters. The van der Waals surface area contributed by atoms with Crippen molar-refractivity contribution in [3.63, 3.8) is 0 Å². The van der Waals surface area contributed by atoms with E-state index in [9.17, 15) is 4.39 Å². The van der Waals surface area contributed by atoms with Gasteiger partial charge in [-0.05, 0) is 50.1 Å². The van der Waals surface area contributed by atoms with Crippen molar-refractivity contribution in [1.82, 2.24) is 15.2 Å². The summed E-state index contributed by atoms with van der Waals surface area (Å²) in [5, 5.41) is 7.50. The molecule has 0 saturated heterocycles. The van der Waals surface area contributed by atoms with E-state index in [1.807, 2.05) is 26.0 Å². The zero-order valence-corrected chi connectivity index (χ0v) is 14.4. The van der Waals surface area contributed by atoms with Crippen molar-refractivity contribution in [2.24, 2.45) is 0 Å². The lowest BCUT2D eigenvalue weighted by atomic mass is 10.0. The van der Waals surface area contributed by atoms with Gasteiger partial charge in [-0.1, -0.05) is 17.2 Å². The predicted molar refractivity (Wildman–Crippen MR) is 94.9 cm³/mol. The molecular formula is C19H17FN4O2. The SMILES string of the molecule is CC(C)Oc1ccc(F)c(C2=CCc3ccc(-c4nnc(N)o4)nc32)c1. The number of pyridine rings is 1. The van der Waals surface area contributed by atoms with Crippen LogP contribution in [0.15, 0.2) is 40.8 Å². The number of hydrogen-bond acceptors (Lipinski definition) is 6. The number of fused-ring (bicyclic) bond motifs is 1.